The van der Waals surface area contributed by atoms with Gasteiger partial charge in [-0.05, 0) is 12.6 Å². The third-order valence-corrected chi connectivity index (χ3v) is 1.32. The Hall–Kier alpha value is -2.28. The average Bonchev–Trinajstić information content (AvgIpc) is 2.72. The average molecular weight is 271 g/mol. The number of carboxylic acid groups (broad SMARTS) is 1. The zero-order chi connectivity index (χ0) is 15.3. The number of carboxylic acids is 1. The Labute approximate surface area is 110 Å². The van der Waals surface area contributed by atoms with Crippen molar-refractivity contribution in [2.24, 2.45) is 5.73 Å². The molecule has 0 unspecified atom stereocenters. The van der Waals surface area contributed by atoms with E-state index in [0.29, 0.717) is 6.42 Å². The molecule has 0 fully saturated rings. The number of esters is 2. The number of carbonyl (C=O) groups excluding carboxylic acids is 3. The summed E-state index contributed by atoms with van der Waals surface area (Å²) in [5, 5.41) is 8.02. The quantitative estimate of drug-likeness (QED) is 0.426. The van der Waals surface area contributed by atoms with Gasteiger partial charge in [-0.1, -0.05) is 13.8 Å². The van der Waals surface area contributed by atoms with Crippen molar-refractivity contribution < 1.29 is 29.0 Å². The molecule has 0 bridgehead atoms. The van der Waals surface area contributed by atoms with Crippen LogP contribution in [-0.2, 0) is 23.9 Å². The van der Waals surface area contributed by atoms with Gasteiger partial charge in [-0.25, -0.2) is 14.4 Å². The summed E-state index contributed by atoms with van der Waals surface area (Å²) in [6, 6.07) is 0. The maximum atomic E-state index is 10.4. The molecular formula is C12H17NO6. The first kappa shape index (κ1) is 19.1. The van der Waals surface area contributed by atoms with Crippen molar-refractivity contribution in [1.29, 1.82) is 0 Å². The molecule has 0 aliphatic carbocycles. The second-order valence-corrected chi connectivity index (χ2v) is 2.97. The van der Waals surface area contributed by atoms with Crippen molar-refractivity contribution in [2.45, 2.75) is 20.3 Å². The van der Waals surface area contributed by atoms with Crippen LogP contribution in [0.3, 0.4) is 0 Å². The normalized spacial score (nSPS) is 12.2. The summed E-state index contributed by atoms with van der Waals surface area (Å²) < 4.78 is 3.97. The van der Waals surface area contributed by atoms with Gasteiger partial charge in [-0.3, -0.25) is 4.79 Å². The molecule has 1 aliphatic heterocycles. The maximum absolute atomic E-state index is 10.4. The van der Waals surface area contributed by atoms with E-state index in [-0.39, 0.29) is 5.78 Å². The molecule has 0 aromatic carbocycles. The third kappa shape index (κ3) is 15.7. The predicted molar refractivity (Wildman–Crippen MR) is 67.0 cm³/mol. The van der Waals surface area contributed by atoms with Gasteiger partial charge in [0.15, 0.2) is 5.78 Å². The molecule has 0 atom stereocenters. The van der Waals surface area contributed by atoms with Gasteiger partial charge in [0.2, 0.25) is 0 Å². The van der Waals surface area contributed by atoms with Gasteiger partial charge in [0.05, 0.1) is 0 Å². The summed E-state index contributed by atoms with van der Waals surface area (Å²) in [6.45, 7) is 4.33. The molecule has 0 aromatic rings. The molecule has 0 saturated heterocycles. The Balaban J connectivity index is 0. The lowest BCUT2D eigenvalue weighted by atomic mass is 10.3. The number of ether oxygens (including phenoxy) is 1. The largest absolute Gasteiger partial charge is 0.478 e. The number of nitrogens with two attached hydrogens (primary N) is 1. The number of cyclic esters (lactones) is 2. The van der Waals surface area contributed by atoms with Crippen LogP contribution in [-0.4, -0.2) is 35.3 Å². The van der Waals surface area contributed by atoms with Crippen molar-refractivity contribution in [3.8, 4) is 0 Å². The molecule has 1 aliphatic rings. The van der Waals surface area contributed by atoms with E-state index < -0.39 is 17.9 Å². The molecule has 0 amide bonds. The van der Waals surface area contributed by atoms with E-state index in [0.717, 1.165) is 30.8 Å². The van der Waals surface area contributed by atoms with Crippen LogP contribution in [0.5, 0.6) is 0 Å². The number of carbonyl (C=O) groups is 4. The fourth-order valence-electron chi connectivity index (χ4n) is 0.585. The van der Waals surface area contributed by atoms with Crippen LogP contribution in [0.15, 0.2) is 24.3 Å². The number of ketones is 1. The lowest BCUT2D eigenvalue weighted by Crippen LogP contribution is -1.96. The second kappa shape index (κ2) is 12.2. The molecule has 3 N–H and O–H groups in total. The highest BCUT2D eigenvalue weighted by molar-refractivity contribution is 6.04. The molecule has 0 aromatic heterocycles. The van der Waals surface area contributed by atoms with E-state index in [2.05, 4.69) is 4.74 Å². The van der Waals surface area contributed by atoms with Crippen LogP contribution < -0.4 is 5.73 Å². The van der Waals surface area contributed by atoms with Crippen molar-refractivity contribution in [2.75, 3.05) is 6.54 Å². The first-order chi connectivity index (χ1) is 8.87. The minimum absolute atomic E-state index is 0.169. The number of aliphatic carboxylic acids is 1. The van der Waals surface area contributed by atoms with Gasteiger partial charge in [0.1, 0.15) is 0 Å². The van der Waals surface area contributed by atoms with E-state index in [1.54, 1.807) is 6.92 Å². The molecule has 7 heteroatoms. The zero-order valence-corrected chi connectivity index (χ0v) is 10.8. The van der Waals surface area contributed by atoms with Gasteiger partial charge in [-0.15, -0.1) is 0 Å². The molecule has 7 nitrogen and oxygen atoms in total. The molecule has 1 rings (SSSR count). The van der Waals surface area contributed by atoms with E-state index in [1.165, 1.54) is 0 Å². The lowest BCUT2D eigenvalue weighted by molar-refractivity contribution is -0.150. The fourth-order valence-corrected chi connectivity index (χ4v) is 0.585. The highest BCUT2D eigenvalue weighted by Crippen LogP contribution is 1.92. The highest BCUT2D eigenvalue weighted by Gasteiger charge is 2.10. The summed E-state index contributed by atoms with van der Waals surface area (Å²) in [4.78, 5) is 40.0. The van der Waals surface area contributed by atoms with Crippen molar-refractivity contribution in [1.82, 2.24) is 0 Å². The number of hydrogen-bond donors (Lipinski definition) is 2. The van der Waals surface area contributed by atoms with Gasteiger partial charge in [0, 0.05) is 24.6 Å². The van der Waals surface area contributed by atoms with Crippen molar-refractivity contribution in [3.05, 3.63) is 24.3 Å². The van der Waals surface area contributed by atoms with Crippen LogP contribution in [0.1, 0.15) is 20.3 Å². The van der Waals surface area contributed by atoms with Crippen LogP contribution in [0.25, 0.3) is 0 Å². The Bertz CT molecular complexity index is 368. The second-order valence-electron chi connectivity index (χ2n) is 2.97. The van der Waals surface area contributed by atoms with Crippen LogP contribution in [0.2, 0.25) is 0 Å². The van der Waals surface area contributed by atoms with Gasteiger partial charge >= 0.3 is 17.9 Å². The van der Waals surface area contributed by atoms with Crippen LogP contribution in [0.4, 0.5) is 0 Å². The number of rotatable bonds is 3. The molecule has 19 heavy (non-hydrogen) atoms. The smallest absolute Gasteiger partial charge is 0.338 e. The number of hydrogen-bond acceptors (Lipinski definition) is 6. The number of allylic oxidation sites excluding steroid dienone is 1. The van der Waals surface area contributed by atoms with Crippen molar-refractivity contribution >= 4 is 23.7 Å². The summed E-state index contributed by atoms with van der Waals surface area (Å²) in [7, 11) is 0. The SMILES string of the molecule is CCC(=O)/C=C\C(=O)O.CCN.O=C1C=CC(=O)O1. The molecule has 1 heterocycles. The monoisotopic (exact) mass is 271 g/mol. The summed E-state index contributed by atoms with van der Waals surface area (Å²) in [5.74, 6) is -2.41. The van der Waals surface area contributed by atoms with Crippen LogP contribution in [0, 0.1) is 0 Å². The Morgan fingerprint density at radius 3 is 1.84 bits per heavy atom. The third-order valence-electron chi connectivity index (χ3n) is 1.32. The first-order valence-electron chi connectivity index (χ1n) is 5.45. The topological polar surface area (TPSA) is 124 Å². The molecule has 0 spiro atoms. The summed E-state index contributed by atoms with van der Waals surface area (Å²) in [5.41, 5.74) is 4.85. The Morgan fingerprint density at radius 1 is 1.21 bits per heavy atom. The summed E-state index contributed by atoms with van der Waals surface area (Å²) in [6.07, 6.45) is 4.42. The molecule has 106 valence electrons. The minimum Gasteiger partial charge on any atom is -0.478 e. The highest BCUT2D eigenvalue weighted by atomic mass is 16.6. The maximum Gasteiger partial charge on any atom is 0.338 e. The fraction of sp³-hybridized carbons (Fsp3) is 0.333. The van der Waals surface area contributed by atoms with E-state index in [4.69, 9.17) is 10.8 Å². The Kier molecular flexibility index (Phi) is 12.2. The van der Waals surface area contributed by atoms with Gasteiger partial charge in [-0.2, -0.15) is 0 Å². The van der Waals surface area contributed by atoms with E-state index >= 15 is 0 Å². The summed E-state index contributed by atoms with van der Waals surface area (Å²) >= 11 is 0. The van der Waals surface area contributed by atoms with Gasteiger partial charge in [0.25, 0.3) is 0 Å². The predicted octanol–water partition coefficient (Wildman–Crippen LogP) is 0.197. The lowest BCUT2D eigenvalue weighted by Gasteiger charge is -1.80. The standard InChI is InChI=1S/C6H8O3.C4H2O3.C2H7N/c1-2-5(7)3-4-6(8)9;5-3-1-2-4(6)7-3;1-2-3/h3-4H,2H2,1H3,(H,8,9);1-2H;2-3H2,1H3/b4-3-;;. The minimum atomic E-state index is -1.09. The van der Waals surface area contributed by atoms with Crippen molar-refractivity contribution in [3.63, 3.8) is 0 Å². The molecule has 0 saturated carbocycles. The van der Waals surface area contributed by atoms with Gasteiger partial charge < -0.3 is 15.6 Å². The van der Waals surface area contributed by atoms with E-state index in [9.17, 15) is 19.2 Å². The van der Waals surface area contributed by atoms with E-state index in [1.807, 2.05) is 6.92 Å². The first-order valence-corrected chi connectivity index (χ1v) is 5.45. The zero-order valence-electron chi connectivity index (χ0n) is 10.8. The molecule has 0 radical (unpaired) electrons. The van der Waals surface area contributed by atoms with Crippen LogP contribution >= 0.6 is 0 Å². The molecular weight excluding hydrogens is 254 g/mol. The Morgan fingerprint density at radius 2 is 1.63 bits per heavy atom.